The van der Waals surface area contributed by atoms with Crippen molar-refractivity contribution in [2.24, 2.45) is 0 Å². The number of benzene rings is 2. The lowest BCUT2D eigenvalue weighted by Crippen LogP contribution is -2.20. The Bertz CT molecular complexity index is 614. The van der Waals surface area contributed by atoms with E-state index in [9.17, 15) is 9.18 Å². The molecule has 0 spiro atoms. The van der Waals surface area contributed by atoms with Crippen LogP contribution in [-0.4, -0.2) is 12.5 Å². The maximum absolute atomic E-state index is 12.7. The largest absolute Gasteiger partial charge is 0.483 e. The van der Waals surface area contributed by atoms with Crippen molar-refractivity contribution in [2.45, 2.75) is 6.92 Å². The highest BCUT2D eigenvalue weighted by Crippen LogP contribution is 2.22. The van der Waals surface area contributed by atoms with E-state index < -0.39 is 0 Å². The molecule has 2 rings (SSSR count). The van der Waals surface area contributed by atoms with Gasteiger partial charge in [0.1, 0.15) is 11.6 Å². The lowest BCUT2D eigenvalue weighted by Gasteiger charge is -2.10. The lowest BCUT2D eigenvalue weighted by molar-refractivity contribution is -0.118. The number of nitrogens with one attached hydrogen (secondary N) is 1. The van der Waals surface area contributed by atoms with Gasteiger partial charge >= 0.3 is 0 Å². The van der Waals surface area contributed by atoms with Crippen LogP contribution >= 0.6 is 11.6 Å². The minimum Gasteiger partial charge on any atom is -0.483 e. The highest BCUT2D eigenvalue weighted by atomic mass is 35.5. The van der Waals surface area contributed by atoms with Crippen LogP contribution < -0.4 is 10.1 Å². The number of carbonyl (C=O) groups excluding carboxylic acids is 1. The summed E-state index contributed by atoms with van der Waals surface area (Å²) in [5, 5.41) is 3.16. The maximum atomic E-state index is 12.7. The van der Waals surface area contributed by atoms with Crippen LogP contribution in [0, 0.1) is 12.7 Å². The molecular weight excluding hydrogens is 281 g/mol. The van der Waals surface area contributed by atoms with Crippen LogP contribution in [-0.2, 0) is 4.79 Å². The molecule has 104 valence electrons. The zero-order chi connectivity index (χ0) is 14.5. The molecule has 0 saturated heterocycles. The molecule has 5 heteroatoms. The normalized spacial score (nSPS) is 10.2. The Kier molecular flexibility index (Phi) is 4.58. The zero-order valence-corrected chi connectivity index (χ0v) is 11.6. The van der Waals surface area contributed by atoms with Crippen molar-refractivity contribution in [2.75, 3.05) is 11.9 Å². The molecule has 0 heterocycles. The number of amides is 1. The van der Waals surface area contributed by atoms with Crippen LogP contribution in [0.4, 0.5) is 10.1 Å². The first-order valence-electron chi connectivity index (χ1n) is 5.99. The lowest BCUT2D eigenvalue weighted by atomic mass is 10.2. The molecule has 0 aromatic heterocycles. The van der Waals surface area contributed by atoms with Gasteiger partial charge in [0.15, 0.2) is 6.61 Å². The highest BCUT2D eigenvalue weighted by molar-refractivity contribution is 6.30. The van der Waals surface area contributed by atoms with E-state index in [0.717, 1.165) is 5.56 Å². The molecule has 0 fully saturated rings. The van der Waals surface area contributed by atoms with E-state index in [0.29, 0.717) is 16.5 Å². The number of hydrogen-bond acceptors (Lipinski definition) is 2. The second kappa shape index (κ2) is 6.39. The van der Waals surface area contributed by atoms with E-state index in [1.54, 1.807) is 12.1 Å². The topological polar surface area (TPSA) is 38.3 Å². The van der Waals surface area contributed by atoms with E-state index >= 15 is 0 Å². The second-order valence-corrected chi connectivity index (χ2v) is 4.69. The molecule has 2 aromatic carbocycles. The summed E-state index contributed by atoms with van der Waals surface area (Å²) >= 11 is 5.86. The number of aryl methyl sites for hydroxylation is 1. The predicted octanol–water partition coefficient (Wildman–Crippen LogP) is 3.81. The van der Waals surface area contributed by atoms with Crippen LogP contribution in [0.2, 0.25) is 5.02 Å². The van der Waals surface area contributed by atoms with Gasteiger partial charge < -0.3 is 10.1 Å². The van der Waals surface area contributed by atoms with E-state index in [-0.39, 0.29) is 18.3 Å². The van der Waals surface area contributed by atoms with Crippen molar-refractivity contribution in [3.63, 3.8) is 0 Å². The molecule has 1 amide bonds. The van der Waals surface area contributed by atoms with E-state index in [1.807, 2.05) is 13.0 Å². The molecule has 0 unspecified atom stereocenters. The molecule has 0 aliphatic carbocycles. The third kappa shape index (κ3) is 3.96. The van der Waals surface area contributed by atoms with Crippen molar-refractivity contribution in [1.29, 1.82) is 0 Å². The molecule has 0 atom stereocenters. The van der Waals surface area contributed by atoms with Gasteiger partial charge in [-0.25, -0.2) is 4.39 Å². The van der Waals surface area contributed by atoms with E-state index in [2.05, 4.69) is 5.32 Å². The smallest absolute Gasteiger partial charge is 0.262 e. The van der Waals surface area contributed by atoms with Gasteiger partial charge in [-0.05, 0) is 48.9 Å². The average molecular weight is 294 g/mol. The van der Waals surface area contributed by atoms with Crippen molar-refractivity contribution in [1.82, 2.24) is 0 Å². The third-order valence-corrected chi connectivity index (χ3v) is 2.87. The molecule has 1 N–H and O–H groups in total. The van der Waals surface area contributed by atoms with Crippen LogP contribution in [0.5, 0.6) is 5.75 Å². The standard InChI is InChI=1S/C15H13ClFNO2/c1-10-2-3-11(16)8-14(10)20-9-15(19)18-13-6-4-12(17)5-7-13/h2-8H,9H2,1H3,(H,18,19). The third-order valence-electron chi connectivity index (χ3n) is 2.64. The predicted molar refractivity (Wildman–Crippen MR) is 76.7 cm³/mol. The molecular formula is C15H13ClFNO2. The van der Waals surface area contributed by atoms with Crippen molar-refractivity contribution >= 4 is 23.2 Å². The van der Waals surface area contributed by atoms with Gasteiger partial charge in [0.25, 0.3) is 5.91 Å². The van der Waals surface area contributed by atoms with Gasteiger partial charge in [-0.2, -0.15) is 0 Å². The Hall–Kier alpha value is -2.07. The highest BCUT2D eigenvalue weighted by Gasteiger charge is 2.06. The molecule has 0 aliphatic rings. The summed E-state index contributed by atoms with van der Waals surface area (Å²) < 4.78 is 18.1. The van der Waals surface area contributed by atoms with Crippen LogP contribution in [0.3, 0.4) is 0 Å². The summed E-state index contributed by atoms with van der Waals surface area (Å²) in [4.78, 5) is 11.7. The van der Waals surface area contributed by atoms with E-state index in [1.165, 1.54) is 24.3 Å². The first-order chi connectivity index (χ1) is 9.54. The SMILES string of the molecule is Cc1ccc(Cl)cc1OCC(=O)Nc1ccc(F)cc1. The number of hydrogen-bond donors (Lipinski definition) is 1. The van der Waals surface area contributed by atoms with Gasteiger partial charge in [-0.15, -0.1) is 0 Å². The summed E-state index contributed by atoms with van der Waals surface area (Å²) in [6, 6.07) is 10.7. The summed E-state index contributed by atoms with van der Waals surface area (Å²) in [6.45, 7) is 1.72. The minimum absolute atomic E-state index is 0.140. The Balaban J connectivity index is 1.92. The minimum atomic E-state index is -0.353. The first kappa shape index (κ1) is 14.3. The van der Waals surface area contributed by atoms with E-state index in [4.69, 9.17) is 16.3 Å². The second-order valence-electron chi connectivity index (χ2n) is 4.25. The van der Waals surface area contributed by atoms with Crippen LogP contribution in [0.1, 0.15) is 5.56 Å². The summed E-state index contributed by atoms with van der Waals surface area (Å²) in [5.41, 5.74) is 1.41. The van der Waals surface area contributed by atoms with Crippen molar-refractivity contribution < 1.29 is 13.9 Å². The number of ether oxygens (including phenoxy) is 1. The average Bonchev–Trinajstić information content (AvgIpc) is 2.42. The molecule has 0 saturated carbocycles. The molecule has 20 heavy (non-hydrogen) atoms. The number of carbonyl (C=O) groups is 1. The number of anilines is 1. The van der Waals surface area contributed by atoms with Crippen molar-refractivity contribution in [3.05, 3.63) is 58.9 Å². The fourth-order valence-electron chi connectivity index (χ4n) is 1.60. The van der Waals surface area contributed by atoms with Crippen LogP contribution in [0.25, 0.3) is 0 Å². The number of halogens is 2. The van der Waals surface area contributed by atoms with Crippen LogP contribution in [0.15, 0.2) is 42.5 Å². The van der Waals surface area contributed by atoms with Gasteiger partial charge in [-0.3, -0.25) is 4.79 Å². The van der Waals surface area contributed by atoms with Gasteiger partial charge in [0, 0.05) is 10.7 Å². The molecule has 0 aliphatic heterocycles. The van der Waals surface area contributed by atoms with Gasteiger partial charge in [0.05, 0.1) is 0 Å². The van der Waals surface area contributed by atoms with Gasteiger partial charge in [-0.1, -0.05) is 17.7 Å². The van der Waals surface area contributed by atoms with Gasteiger partial charge in [0.2, 0.25) is 0 Å². The maximum Gasteiger partial charge on any atom is 0.262 e. The Morgan fingerprint density at radius 2 is 1.95 bits per heavy atom. The summed E-state index contributed by atoms with van der Waals surface area (Å²) in [5.74, 6) is -0.114. The van der Waals surface area contributed by atoms with Crippen molar-refractivity contribution in [3.8, 4) is 5.75 Å². The first-order valence-corrected chi connectivity index (χ1v) is 6.37. The molecule has 2 aromatic rings. The molecule has 0 radical (unpaired) electrons. The quantitative estimate of drug-likeness (QED) is 0.931. The Morgan fingerprint density at radius 3 is 2.65 bits per heavy atom. The monoisotopic (exact) mass is 293 g/mol. The Morgan fingerprint density at radius 1 is 1.25 bits per heavy atom. The summed E-state index contributed by atoms with van der Waals surface area (Å²) in [7, 11) is 0. The fraction of sp³-hybridized carbons (Fsp3) is 0.133. The Labute approximate surface area is 121 Å². The summed E-state index contributed by atoms with van der Waals surface area (Å²) in [6.07, 6.45) is 0. The zero-order valence-electron chi connectivity index (χ0n) is 10.8. The molecule has 3 nitrogen and oxygen atoms in total. The molecule has 0 bridgehead atoms. The fourth-order valence-corrected chi connectivity index (χ4v) is 1.77. The number of rotatable bonds is 4.